The monoisotopic (exact) mass is 441 g/mol. The molecule has 0 atom stereocenters. The average Bonchev–Trinajstić information content (AvgIpc) is 3.25. The second-order valence-corrected chi connectivity index (χ2v) is 7.51. The van der Waals surface area contributed by atoms with E-state index in [1.165, 1.54) is 6.26 Å². The summed E-state index contributed by atoms with van der Waals surface area (Å²) in [6.45, 7) is 2.14. The Balaban J connectivity index is 1.52. The van der Waals surface area contributed by atoms with E-state index in [0.717, 1.165) is 0 Å². The number of hydrogen-bond acceptors (Lipinski definition) is 6. The molecule has 1 aromatic carbocycles. The van der Waals surface area contributed by atoms with Crippen molar-refractivity contribution in [3.63, 3.8) is 0 Å². The molecule has 8 nitrogen and oxygen atoms in total. The van der Waals surface area contributed by atoms with Gasteiger partial charge in [-0.3, -0.25) is 9.59 Å². The molecule has 3 aromatic rings. The topological polar surface area (TPSA) is 102 Å². The molecular weight excluding hydrogens is 418 g/mol. The number of nitrogens with one attached hydrogen (secondary N) is 1. The van der Waals surface area contributed by atoms with Gasteiger partial charge in [0.15, 0.2) is 0 Å². The maximum Gasteiger partial charge on any atom is 0.270 e. The molecule has 1 N–H and O–H groups in total. The van der Waals surface area contributed by atoms with Gasteiger partial charge in [0, 0.05) is 44.0 Å². The fourth-order valence-corrected chi connectivity index (χ4v) is 3.69. The summed E-state index contributed by atoms with van der Waals surface area (Å²) in [5.41, 5.74) is 1.10. The summed E-state index contributed by atoms with van der Waals surface area (Å²) in [6.07, 6.45) is 5.41. The molecule has 0 radical (unpaired) electrons. The highest BCUT2D eigenvalue weighted by Crippen LogP contribution is 2.19. The summed E-state index contributed by atoms with van der Waals surface area (Å²) in [5.74, 6) is 0.428. The van der Waals surface area contributed by atoms with Crippen molar-refractivity contribution in [3.05, 3.63) is 89.6 Å². The van der Waals surface area contributed by atoms with Crippen LogP contribution in [0, 0.1) is 11.3 Å². The van der Waals surface area contributed by atoms with Crippen LogP contribution in [0.1, 0.15) is 28.1 Å². The first-order chi connectivity index (χ1) is 16.2. The maximum absolute atomic E-state index is 13.4. The predicted octanol–water partition coefficient (Wildman–Crippen LogP) is 3.06. The van der Waals surface area contributed by atoms with Crippen molar-refractivity contribution in [3.8, 4) is 6.07 Å². The minimum Gasteiger partial charge on any atom is -0.465 e. The van der Waals surface area contributed by atoms with Crippen LogP contribution in [0.5, 0.6) is 0 Å². The number of rotatable bonds is 5. The first-order valence-electron chi connectivity index (χ1n) is 10.7. The number of nitriles is 1. The lowest BCUT2D eigenvalue weighted by Gasteiger charge is -2.24. The van der Waals surface area contributed by atoms with Gasteiger partial charge in [-0.05, 0) is 42.8 Å². The molecule has 1 aliphatic heterocycles. The zero-order chi connectivity index (χ0) is 23.0. The molecule has 0 spiro atoms. The first kappa shape index (κ1) is 21.8. The van der Waals surface area contributed by atoms with Crippen LogP contribution in [0.3, 0.4) is 0 Å². The molecule has 0 saturated carbocycles. The Morgan fingerprint density at radius 2 is 1.88 bits per heavy atom. The minimum absolute atomic E-state index is 0.141. The summed E-state index contributed by atoms with van der Waals surface area (Å²) in [5, 5.41) is 12.1. The SMILES string of the molecule is N#Cc1cccnc1N1CCCN(C(=O)C(=Cc2ccco2)NC(=O)c2ccccc2)CC1. The van der Waals surface area contributed by atoms with Gasteiger partial charge in [0.1, 0.15) is 23.3 Å². The van der Waals surface area contributed by atoms with E-state index in [9.17, 15) is 14.9 Å². The van der Waals surface area contributed by atoms with Crippen molar-refractivity contribution < 1.29 is 14.0 Å². The maximum atomic E-state index is 13.4. The van der Waals surface area contributed by atoms with Crippen LogP contribution < -0.4 is 10.2 Å². The normalized spacial score (nSPS) is 14.3. The van der Waals surface area contributed by atoms with Gasteiger partial charge in [-0.15, -0.1) is 0 Å². The summed E-state index contributed by atoms with van der Waals surface area (Å²) in [7, 11) is 0. The molecule has 1 saturated heterocycles. The number of anilines is 1. The third-order valence-corrected chi connectivity index (χ3v) is 5.33. The van der Waals surface area contributed by atoms with Crippen molar-refractivity contribution in [1.82, 2.24) is 15.2 Å². The first-order valence-corrected chi connectivity index (χ1v) is 10.7. The fraction of sp³-hybridized carbons (Fsp3) is 0.200. The largest absolute Gasteiger partial charge is 0.465 e. The number of hydrogen-bond donors (Lipinski definition) is 1. The molecule has 1 fully saturated rings. The molecule has 166 valence electrons. The van der Waals surface area contributed by atoms with Crippen LogP contribution in [0.25, 0.3) is 6.08 Å². The Hall–Kier alpha value is -4.38. The molecule has 0 bridgehead atoms. The van der Waals surface area contributed by atoms with Crippen LogP contribution >= 0.6 is 0 Å². The molecule has 2 aromatic heterocycles. The number of furan rings is 1. The molecule has 2 amide bonds. The van der Waals surface area contributed by atoms with Crippen LogP contribution in [0.4, 0.5) is 5.82 Å². The zero-order valence-corrected chi connectivity index (χ0v) is 18.0. The summed E-state index contributed by atoms with van der Waals surface area (Å²) in [4.78, 5) is 34.3. The van der Waals surface area contributed by atoms with Crippen LogP contribution in [-0.2, 0) is 4.79 Å². The van der Waals surface area contributed by atoms with Gasteiger partial charge in [0.2, 0.25) is 0 Å². The van der Waals surface area contributed by atoms with Gasteiger partial charge in [0.25, 0.3) is 11.8 Å². The molecule has 4 rings (SSSR count). The highest BCUT2D eigenvalue weighted by molar-refractivity contribution is 6.05. The second-order valence-electron chi connectivity index (χ2n) is 7.51. The lowest BCUT2D eigenvalue weighted by molar-refractivity contribution is -0.127. The van der Waals surface area contributed by atoms with Crippen LogP contribution in [-0.4, -0.2) is 47.9 Å². The van der Waals surface area contributed by atoms with Gasteiger partial charge in [0.05, 0.1) is 11.8 Å². The van der Waals surface area contributed by atoms with E-state index in [4.69, 9.17) is 4.42 Å². The fourth-order valence-electron chi connectivity index (χ4n) is 3.69. The summed E-state index contributed by atoms with van der Waals surface area (Å²) < 4.78 is 5.37. The van der Waals surface area contributed by atoms with Crippen LogP contribution in [0.15, 0.2) is 77.2 Å². The van der Waals surface area contributed by atoms with Gasteiger partial charge >= 0.3 is 0 Å². The van der Waals surface area contributed by atoms with Gasteiger partial charge in [-0.25, -0.2) is 4.98 Å². The number of benzene rings is 1. The number of amides is 2. The third kappa shape index (κ3) is 5.28. The van der Waals surface area contributed by atoms with E-state index in [-0.39, 0.29) is 17.5 Å². The van der Waals surface area contributed by atoms with Gasteiger partial charge < -0.3 is 19.5 Å². The number of nitrogens with zero attached hydrogens (tertiary/aromatic N) is 4. The van der Waals surface area contributed by atoms with E-state index in [1.807, 2.05) is 11.0 Å². The average molecular weight is 441 g/mol. The summed E-state index contributed by atoms with van der Waals surface area (Å²) >= 11 is 0. The Labute approximate surface area is 191 Å². The predicted molar refractivity (Wildman–Crippen MR) is 123 cm³/mol. The van der Waals surface area contributed by atoms with Crippen molar-refractivity contribution in [2.45, 2.75) is 6.42 Å². The second kappa shape index (κ2) is 10.3. The van der Waals surface area contributed by atoms with E-state index >= 15 is 0 Å². The van der Waals surface area contributed by atoms with E-state index in [0.29, 0.717) is 55.3 Å². The minimum atomic E-state index is -0.370. The Morgan fingerprint density at radius 3 is 2.64 bits per heavy atom. The molecule has 1 aliphatic rings. The highest BCUT2D eigenvalue weighted by Gasteiger charge is 2.25. The molecule has 8 heteroatoms. The number of pyridine rings is 1. The highest BCUT2D eigenvalue weighted by atomic mass is 16.3. The number of aromatic nitrogens is 1. The number of carbonyl (C=O) groups excluding carboxylic acids is 2. The lowest BCUT2D eigenvalue weighted by atomic mass is 10.2. The lowest BCUT2D eigenvalue weighted by Crippen LogP contribution is -2.40. The Kier molecular flexibility index (Phi) is 6.81. The molecule has 33 heavy (non-hydrogen) atoms. The zero-order valence-electron chi connectivity index (χ0n) is 18.0. The standard InChI is InChI=1S/C25H23N5O3/c26-18-20-9-4-11-27-23(20)29-12-6-13-30(15-14-29)25(32)22(17-21-10-5-16-33-21)28-24(31)19-7-2-1-3-8-19/h1-5,7-11,16-17H,6,12-15H2,(H,28,31). The summed E-state index contributed by atoms with van der Waals surface area (Å²) in [6, 6.07) is 17.8. The smallest absolute Gasteiger partial charge is 0.270 e. The quantitative estimate of drug-likeness (QED) is 0.611. The Bertz CT molecular complexity index is 1180. The third-order valence-electron chi connectivity index (χ3n) is 5.33. The molecule has 3 heterocycles. The van der Waals surface area contributed by atoms with E-state index in [1.54, 1.807) is 65.7 Å². The molecule has 0 aliphatic carbocycles. The van der Waals surface area contributed by atoms with Crippen LogP contribution in [0.2, 0.25) is 0 Å². The van der Waals surface area contributed by atoms with Crippen molar-refractivity contribution in [2.75, 3.05) is 31.1 Å². The molecular formula is C25H23N5O3. The Morgan fingerprint density at radius 1 is 1.03 bits per heavy atom. The van der Waals surface area contributed by atoms with Gasteiger partial charge in [-0.2, -0.15) is 5.26 Å². The molecule has 0 unspecified atom stereocenters. The van der Waals surface area contributed by atoms with Crippen molar-refractivity contribution in [1.29, 1.82) is 5.26 Å². The van der Waals surface area contributed by atoms with Crippen molar-refractivity contribution in [2.24, 2.45) is 0 Å². The van der Waals surface area contributed by atoms with Gasteiger partial charge in [-0.1, -0.05) is 18.2 Å². The van der Waals surface area contributed by atoms with Crippen molar-refractivity contribution >= 4 is 23.7 Å². The van der Waals surface area contributed by atoms with E-state index < -0.39 is 0 Å². The number of carbonyl (C=O) groups is 2. The van der Waals surface area contributed by atoms with E-state index in [2.05, 4.69) is 16.4 Å².